The molecule has 2 nitrogen and oxygen atoms in total. The quantitative estimate of drug-likeness (QED) is 0.860. The van der Waals surface area contributed by atoms with Crippen molar-refractivity contribution in [2.45, 2.75) is 65.5 Å². The number of benzene rings is 1. The normalized spacial score (nSPS) is 13.8. The van der Waals surface area contributed by atoms with Gasteiger partial charge in [0.25, 0.3) is 0 Å². The molecule has 0 radical (unpaired) electrons. The van der Waals surface area contributed by atoms with E-state index in [0.717, 1.165) is 19.3 Å². The van der Waals surface area contributed by atoms with E-state index in [4.69, 9.17) is 5.73 Å². The molecule has 2 N–H and O–H groups in total. The highest BCUT2D eigenvalue weighted by molar-refractivity contribution is 5.38. The topological polar surface area (TPSA) is 29.3 Å². The Kier molecular flexibility index (Phi) is 5.79. The second-order valence-electron chi connectivity index (χ2n) is 6.39. The van der Waals surface area contributed by atoms with E-state index in [2.05, 4.69) is 65.7 Å². The molecule has 0 saturated carbocycles. The van der Waals surface area contributed by atoms with Crippen LogP contribution < -0.4 is 5.73 Å². The third-order valence-corrected chi connectivity index (χ3v) is 5.07. The molecule has 0 saturated heterocycles. The number of rotatable bonds is 6. The summed E-state index contributed by atoms with van der Waals surface area (Å²) in [5.41, 5.74) is 12.2. The zero-order valence-corrected chi connectivity index (χ0v) is 14.4. The molecule has 0 aliphatic carbocycles. The van der Waals surface area contributed by atoms with Gasteiger partial charge in [0.15, 0.2) is 0 Å². The SMILES string of the molecule is CCC(CC)(C(N)Cc1c(C)cc(C)cc1C)N(C)C. The van der Waals surface area contributed by atoms with Gasteiger partial charge in [0.1, 0.15) is 0 Å². The Morgan fingerprint density at radius 3 is 1.85 bits per heavy atom. The van der Waals surface area contributed by atoms with Crippen LogP contribution in [0.15, 0.2) is 12.1 Å². The van der Waals surface area contributed by atoms with Crippen LogP contribution in [0.4, 0.5) is 0 Å². The van der Waals surface area contributed by atoms with Gasteiger partial charge < -0.3 is 10.6 Å². The molecule has 114 valence electrons. The fraction of sp³-hybridized carbons (Fsp3) is 0.667. The molecule has 1 rings (SSSR count). The summed E-state index contributed by atoms with van der Waals surface area (Å²) in [6.07, 6.45) is 3.13. The van der Waals surface area contributed by atoms with Gasteiger partial charge in [0, 0.05) is 11.6 Å². The highest BCUT2D eigenvalue weighted by Crippen LogP contribution is 2.28. The minimum Gasteiger partial charge on any atom is -0.326 e. The molecule has 1 unspecified atom stereocenters. The van der Waals surface area contributed by atoms with Crippen LogP contribution in [0.2, 0.25) is 0 Å². The van der Waals surface area contributed by atoms with E-state index < -0.39 is 0 Å². The fourth-order valence-electron chi connectivity index (χ4n) is 3.68. The van der Waals surface area contributed by atoms with Crippen molar-refractivity contribution < 1.29 is 0 Å². The van der Waals surface area contributed by atoms with Crippen LogP contribution in [0, 0.1) is 20.8 Å². The zero-order valence-electron chi connectivity index (χ0n) is 14.4. The summed E-state index contributed by atoms with van der Waals surface area (Å²) in [6.45, 7) is 11.1. The molecule has 0 aliphatic rings. The number of hydrogen-bond acceptors (Lipinski definition) is 2. The summed E-state index contributed by atoms with van der Waals surface area (Å²) in [5, 5.41) is 0. The average molecular weight is 276 g/mol. The maximum atomic E-state index is 6.64. The molecule has 0 spiro atoms. The maximum Gasteiger partial charge on any atom is 0.0352 e. The molecule has 2 heteroatoms. The summed E-state index contributed by atoms with van der Waals surface area (Å²) < 4.78 is 0. The molecule has 0 amide bonds. The van der Waals surface area contributed by atoms with E-state index >= 15 is 0 Å². The number of nitrogens with two attached hydrogens (primary N) is 1. The van der Waals surface area contributed by atoms with Gasteiger partial charge in [-0.05, 0) is 70.8 Å². The molecule has 0 aromatic heterocycles. The number of nitrogens with zero attached hydrogens (tertiary/aromatic N) is 1. The van der Waals surface area contributed by atoms with Crippen molar-refractivity contribution in [2.75, 3.05) is 14.1 Å². The molecular weight excluding hydrogens is 244 g/mol. The van der Waals surface area contributed by atoms with Gasteiger partial charge in [0.2, 0.25) is 0 Å². The van der Waals surface area contributed by atoms with Crippen molar-refractivity contribution in [1.29, 1.82) is 0 Å². The average Bonchev–Trinajstić information content (AvgIpc) is 2.35. The monoisotopic (exact) mass is 276 g/mol. The van der Waals surface area contributed by atoms with Crippen molar-refractivity contribution in [1.82, 2.24) is 4.90 Å². The van der Waals surface area contributed by atoms with Crippen LogP contribution in [-0.4, -0.2) is 30.6 Å². The van der Waals surface area contributed by atoms with Crippen LogP contribution in [0.3, 0.4) is 0 Å². The Morgan fingerprint density at radius 2 is 1.50 bits per heavy atom. The lowest BCUT2D eigenvalue weighted by molar-refractivity contribution is 0.105. The lowest BCUT2D eigenvalue weighted by Crippen LogP contribution is -2.57. The van der Waals surface area contributed by atoms with Crippen LogP contribution in [0.5, 0.6) is 0 Å². The third kappa shape index (κ3) is 3.24. The van der Waals surface area contributed by atoms with Gasteiger partial charge in [-0.1, -0.05) is 31.5 Å². The molecule has 20 heavy (non-hydrogen) atoms. The summed E-state index contributed by atoms with van der Waals surface area (Å²) in [5.74, 6) is 0. The predicted molar refractivity (Wildman–Crippen MR) is 89.3 cm³/mol. The second-order valence-corrected chi connectivity index (χ2v) is 6.39. The second kappa shape index (κ2) is 6.73. The predicted octanol–water partition coefficient (Wildman–Crippen LogP) is 3.60. The largest absolute Gasteiger partial charge is 0.326 e. The van der Waals surface area contributed by atoms with Crippen molar-refractivity contribution in [2.24, 2.45) is 5.73 Å². The van der Waals surface area contributed by atoms with Crippen molar-refractivity contribution >= 4 is 0 Å². The first-order chi connectivity index (χ1) is 9.28. The summed E-state index contributed by atoms with van der Waals surface area (Å²) in [7, 11) is 4.31. The van der Waals surface area contributed by atoms with Crippen molar-refractivity contribution in [3.8, 4) is 0 Å². The number of hydrogen-bond donors (Lipinski definition) is 1. The molecule has 0 bridgehead atoms. The van der Waals surface area contributed by atoms with Gasteiger partial charge in [-0.15, -0.1) is 0 Å². The molecule has 0 aliphatic heterocycles. The minimum absolute atomic E-state index is 0.0871. The van der Waals surface area contributed by atoms with E-state index in [1.807, 2.05) is 0 Å². The summed E-state index contributed by atoms with van der Waals surface area (Å²) in [4.78, 5) is 2.32. The Morgan fingerprint density at radius 1 is 1.05 bits per heavy atom. The van der Waals surface area contributed by atoms with E-state index in [1.165, 1.54) is 22.3 Å². The van der Waals surface area contributed by atoms with Crippen molar-refractivity contribution in [3.05, 3.63) is 34.4 Å². The van der Waals surface area contributed by atoms with Gasteiger partial charge in [0.05, 0.1) is 0 Å². The third-order valence-electron chi connectivity index (χ3n) is 5.07. The number of aryl methyl sites for hydroxylation is 3. The molecular formula is C18H32N2. The molecule has 1 aromatic carbocycles. The molecule has 1 aromatic rings. The maximum absolute atomic E-state index is 6.64. The summed E-state index contributed by atoms with van der Waals surface area (Å²) >= 11 is 0. The Labute approximate surface area is 125 Å². The first kappa shape index (κ1) is 17.2. The highest BCUT2D eigenvalue weighted by atomic mass is 15.2. The van der Waals surface area contributed by atoms with E-state index in [0.29, 0.717) is 0 Å². The standard InChI is InChI=1S/C18H32N2/c1-8-18(9-2,20(6)7)17(19)12-16-14(4)10-13(3)11-15(16)5/h10-11,17H,8-9,12,19H2,1-7H3. The van der Waals surface area contributed by atoms with Crippen LogP contribution in [0.25, 0.3) is 0 Å². The molecule has 0 heterocycles. The van der Waals surface area contributed by atoms with Gasteiger partial charge >= 0.3 is 0 Å². The number of likely N-dealkylation sites (N-methyl/N-ethyl adjacent to an activating group) is 1. The first-order valence-electron chi connectivity index (χ1n) is 7.78. The Bertz CT molecular complexity index is 422. The van der Waals surface area contributed by atoms with E-state index in [1.54, 1.807) is 0 Å². The lowest BCUT2D eigenvalue weighted by atomic mass is 9.79. The van der Waals surface area contributed by atoms with Crippen molar-refractivity contribution in [3.63, 3.8) is 0 Å². The summed E-state index contributed by atoms with van der Waals surface area (Å²) in [6, 6.07) is 4.70. The van der Waals surface area contributed by atoms with Gasteiger partial charge in [-0.3, -0.25) is 0 Å². The smallest absolute Gasteiger partial charge is 0.0352 e. The fourth-order valence-corrected chi connectivity index (χ4v) is 3.68. The Balaban J connectivity index is 3.09. The first-order valence-corrected chi connectivity index (χ1v) is 7.78. The lowest BCUT2D eigenvalue weighted by Gasteiger charge is -2.44. The van der Waals surface area contributed by atoms with Crippen LogP contribution in [-0.2, 0) is 6.42 Å². The van der Waals surface area contributed by atoms with E-state index in [-0.39, 0.29) is 11.6 Å². The van der Waals surface area contributed by atoms with Crippen LogP contribution in [0.1, 0.15) is 48.9 Å². The zero-order chi connectivity index (χ0) is 15.5. The van der Waals surface area contributed by atoms with Gasteiger partial charge in [-0.25, -0.2) is 0 Å². The highest BCUT2D eigenvalue weighted by Gasteiger charge is 2.35. The van der Waals surface area contributed by atoms with Gasteiger partial charge in [-0.2, -0.15) is 0 Å². The minimum atomic E-state index is 0.0871. The van der Waals surface area contributed by atoms with Crippen LogP contribution >= 0.6 is 0 Å². The molecule has 1 atom stereocenters. The molecule has 0 fully saturated rings. The Hall–Kier alpha value is -0.860. The van der Waals surface area contributed by atoms with E-state index in [9.17, 15) is 0 Å².